The molecule has 0 aliphatic carbocycles. The second-order valence-electron chi connectivity index (χ2n) is 1.94. The number of carbonyl (C=O) groups is 1. The van der Waals surface area contributed by atoms with Crippen LogP contribution in [0.4, 0.5) is 0 Å². The van der Waals surface area contributed by atoms with Crippen molar-refractivity contribution in [2.24, 2.45) is 0 Å². The summed E-state index contributed by atoms with van der Waals surface area (Å²) in [6.45, 7) is 10.2. The average Bonchev–Trinajstić information content (AvgIpc) is 2.06. The molecular weight excluding hydrogens is 158 g/mol. The van der Waals surface area contributed by atoms with Crippen molar-refractivity contribution in [3.63, 3.8) is 0 Å². The maximum atomic E-state index is 11.0. The molecule has 0 spiro atoms. The number of hydrogen-bond acceptors (Lipinski definition) is 3. The number of rotatable bonds is 3. The number of allylic oxidation sites excluding steroid dienone is 1. The number of carbonyl (C=O) groups excluding carboxylic acids is 1. The smallest absolute Gasteiger partial charge is 0.339 e. The lowest BCUT2D eigenvalue weighted by molar-refractivity contribution is -0.138. The van der Waals surface area contributed by atoms with Crippen molar-refractivity contribution in [2.45, 2.75) is 13.8 Å². The Hall–Kier alpha value is -1.50. The van der Waals surface area contributed by atoms with Gasteiger partial charge in [0.05, 0.1) is 20.3 Å². The largest absolute Gasteiger partial charge is 0.512 e. The van der Waals surface area contributed by atoms with Crippen molar-refractivity contribution in [2.75, 3.05) is 13.7 Å². The molecule has 0 heterocycles. The molecule has 0 saturated heterocycles. The van der Waals surface area contributed by atoms with E-state index >= 15 is 0 Å². The lowest BCUT2D eigenvalue weighted by atomic mass is 10.4. The highest BCUT2D eigenvalue weighted by Gasteiger charge is 2.14. The van der Waals surface area contributed by atoms with Crippen molar-refractivity contribution in [1.29, 1.82) is 0 Å². The molecule has 0 radical (unpaired) electrons. The number of nitrogens with zero attached hydrogens (tertiary/aromatic N) is 1. The van der Waals surface area contributed by atoms with Gasteiger partial charge in [-0.15, -0.1) is 0 Å². The predicted molar refractivity (Wildman–Crippen MR) is 42.9 cm³/mol. The Morgan fingerprint density at radius 2 is 2.17 bits per heavy atom. The molecule has 0 N–H and O–H groups in total. The van der Waals surface area contributed by atoms with E-state index in [1.807, 2.05) is 0 Å². The highest BCUT2D eigenvalue weighted by atomic mass is 16.5. The molecule has 0 bridgehead atoms. The van der Waals surface area contributed by atoms with Crippen LogP contribution < -0.4 is 0 Å². The molecule has 4 heteroatoms. The Morgan fingerprint density at radius 1 is 1.58 bits per heavy atom. The quantitative estimate of drug-likeness (QED) is 0.277. The molecular formula is C8H11NO3. The van der Waals surface area contributed by atoms with Crippen LogP contribution in [0.5, 0.6) is 0 Å². The van der Waals surface area contributed by atoms with Crippen LogP contribution in [0, 0.1) is 6.57 Å². The highest BCUT2D eigenvalue weighted by Crippen LogP contribution is 2.08. The average molecular weight is 169 g/mol. The standard InChI is InChI=1S/C8H11NO3/c1-5-12-8(10)7(9-3)6(2)11-4/h5H2,1-2,4H3/b7-6+. The van der Waals surface area contributed by atoms with E-state index in [0.29, 0.717) is 0 Å². The molecule has 0 amide bonds. The molecule has 0 rings (SSSR count). The van der Waals surface area contributed by atoms with Gasteiger partial charge in [0, 0.05) is 0 Å². The van der Waals surface area contributed by atoms with E-state index in [9.17, 15) is 4.79 Å². The summed E-state index contributed by atoms with van der Waals surface area (Å²) in [5.74, 6) is -0.352. The summed E-state index contributed by atoms with van der Waals surface area (Å²) in [5, 5.41) is 0. The van der Waals surface area contributed by atoms with Crippen LogP contribution in [-0.2, 0) is 14.3 Å². The summed E-state index contributed by atoms with van der Waals surface area (Å²) in [6, 6.07) is 0. The summed E-state index contributed by atoms with van der Waals surface area (Å²) >= 11 is 0. The fraction of sp³-hybridized carbons (Fsp3) is 0.500. The van der Waals surface area contributed by atoms with Gasteiger partial charge in [0.1, 0.15) is 5.76 Å². The number of ether oxygens (including phenoxy) is 2. The Morgan fingerprint density at radius 3 is 2.50 bits per heavy atom. The molecule has 0 aliphatic rings. The minimum atomic E-state index is -0.633. The molecule has 12 heavy (non-hydrogen) atoms. The van der Waals surface area contributed by atoms with Gasteiger partial charge in [-0.3, -0.25) is 4.79 Å². The van der Waals surface area contributed by atoms with Crippen LogP contribution in [0.3, 0.4) is 0 Å². The first kappa shape index (κ1) is 10.5. The minimum absolute atomic E-state index is 0.0978. The first-order valence-corrected chi connectivity index (χ1v) is 3.46. The molecule has 4 nitrogen and oxygen atoms in total. The van der Waals surface area contributed by atoms with Crippen LogP contribution in [0.25, 0.3) is 4.85 Å². The summed E-state index contributed by atoms with van der Waals surface area (Å²) in [7, 11) is 1.40. The van der Waals surface area contributed by atoms with Crippen LogP contribution in [0.1, 0.15) is 13.8 Å². The van der Waals surface area contributed by atoms with E-state index in [4.69, 9.17) is 11.3 Å². The predicted octanol–water partition coefficient (Wildman–Crippen LogP) is 1.35. The van der Waals surface area contributed by atoms with Crippen molar-refractivity contribution >= 4 is 5.97 Å². The van der Waals surface area contributed by atoms with Crippen LogP contribution >= 0.6 is 0 Å². The first-order chi connectivity index (χ1) is 5.67. The van der Waals surface area contributed by atoms with Gasteiger partial charge >= 0.3 is 11.7 Å². The lowest BCUT2D eigenvalue weighted by Crippen LogP contribution is -2.07. The third kappa shape index (κ3) is 2.62. The van der Waals surface area contributed by atoms with Gasteiger partial charge in [0.15, 0.2) is 0 Å². The third-order valence-corrected chi connectivity index (χ3v) is 1.22. The van der Waals surface area contributed by atoms with E-state index < -0.39 is 5.97 Å². The molecule has 66 valence electrons. The number of methoxy groups -OCH3 is 1. The second kappa shape index (κ2) is 5.19. The summed E-state index contributed by atoms with van der Waals surface area (Å²) < 4.78 is 9.36. The molecule has 0 aliphatic heterocycles. The third-order valence-electron chi connectivity index (χ3n) is 1.22. The van der Waals surface area contributed by atoms with E-state index in [1.165, 1.54) is 7.11 Å². The molecule has 0 unspecified atom stereocenters. The molecule has 0 saturated carbocycles. The SMILES string of the molecule is [C-]#[N+]/C(C(=O)OCC)=C(\C)OC. The zero-order valence-electron chi connectivity index (χ0n) is 7.38. The molecule has 0 aromatic heterocycles. The van der Waals surface area contributed by atoms with Gasteiger partial charge in [-0.25, -0.2) is 4.85 Å². The van der Waals surface area contributed by atoms with E-state index in [-0.39, 0.29) is 18.1 Å². The fourth-order valence-corrected chi connectivity index (χ4v) is 0.564. The molecule has 0 aromatic carbocycles. The van der Waals surface area contributed by atoms with Gasteiger partial charge in [-0.2, -0.15) is 0 Å². The Balaban J connectivity index is 4.59. The highest BCUT2D eigenvalue weighted by molar-refractivity contribution is 5.90. The van der Waals surface area contributed by atoms with Gasteiger partial charge in [-0.05, 0) is 13.8 Å². The van der Waals surface area contributed by atoms with Gasteiger partial charge < -0.3 is 9.47 Å². The Labute approximate surface area is 71.6 Å². The van der Waals surface area contributed by atoms with Crippen molar-refractivity contribution in [1.82, 2.24) is 0 Å². The normalized spacial score (nSPS) is 11.2. The van der Waals surface area contributed by atoms with Gasteiger partial charge in [0.25, 0.3) is 0 Å². The summed E-state index contributed by atoms with van der Waals surface area (Å²) in [5.41, 5.74) is -0.0978. The fourth-order valence-electron chi connectivity index (χ4n) is 0.564. The first-order valence-electron chi connectivity index (χ1n) is 3.46. The van der Waals surface area contributed by atoms with Crippen LogP contribution in [0.2, 0.25) is 0 Å². The number of esters is 1. The van der Waals surface area contributed by atoms with Crippen molar-refractivity contribution in [3.05, 3.63) is 22.9 Å². The Kier molecular flexibility index (Phi) is 4.54. The van der Waals surface area contributed by atoms with Gasteiger partial charge in [0.2, 0.25) is 0 Å². The van der Waals surface area contributed by atoms with Crippen LogP contribution in [0.15, 0.2) is 11.5 Å². The number of hydrogen-bond donors (Lipinski definition) is 0. The lowest BCUT2D eigenvalue weighted by Gasteiger charge is -2.03. The zero-order chi connectivity index (χ0) is 9.56. The molecule has 0 fully saturated rings. The van der Waals surface area contributed by atoms with Gasteiger partial charge in [-0.1, -0.05) is 0 Å². The molecule has 0 atom stereocenters. The maximum absolute atomic E-state index is 11.0. The van der Waals surface area contributed by atoms with Crippen molar-refractivity contribution in [3.8, 4) is 0 Å². The maximum Gasteiger partial charge on any atom is 0.339 e. The van der Waals surface area contributed by atoms with E-state index in [1.54, 1.807) is 13.8 Å². The molecule has 0 aromatic rings. The summed E-state index contributed by atoms with van der Waals surface area (Å²) in [6.07, 6.45) is 0. The van der Waals surface area contributed by atoms with E-state index in [2.05, 4.69) is 9.58 Å². The monoisotopic (exact) mass is 169 g/mol. The summed E-state index contributed by atoms with van der Waals surface area (Å²) in [4.78, 5) is 14.0. The zero-order valence-corrected chi connectivity index (χ0v) is 7.38. The topological polar surface area (TPSA) is 39.9 Å². The van der Waals surface area contributed by atoms with Crippen LogP contribution in [-0.4, -0.2) is 19.7 Å². The van der Waals surface area contributed by atoms with Crippen molar-refractivity contribution < 1.29 is 14.3 Å². The second-order valence-corrected chi connectivity index (χ2v) is 1.94. The van der Waals surface area contributed by atoms with E-state index in [0.717, 1.165) is 0 Å². The Bertz CT molecular complexity index is 237. The minimum Gasteiger partial charge on any atom is -0.512 e.